The zero-order valence-corrected chi connectivity index (χ0v) is 14.1. The van der Waals surface area contributed by atoms with Gasteiger partial charge in [0.15, 0.2) is 0 Å². The second-order valence-electron chi connectivity index (χ2n) is 5.92. The zero-order chi connectivity index (χ0) is 17.5. The molecule has 0 fully saturated rings. The van der Waals surface area contributed by atoms with Crippen molar-refractivity contribution in [1.29, 1.82) is 0 Å². The highest BCUT2D eigenvalue weighted by atomic mass is 16.2. The second-order valence-corrected chi connectivity index (χ2v) is 5.92. The van der Waals surface area contributed by atoms with Gasteiger partial charge in [-0.25, -0.2) is 0 Å². The normalized spacial score (nSPS) is 10.2. The Morgan fingerprint density at radius 2 is 1.75 bits per heavy atom. The van der Waals surface area contributed by atoms with Crippen LogP contribution in [0.4, 0.5) is 5.69 Å². The van der Waals surface area contributed by atoms with E-state index in [1.54, 1.807) is 37.2 Å². The van der Waals surface area contributed by atoms with Crippen LogP contribution in [0.2, 0.25) is 0 Å². The number of hydrogen-bond donors (Lipinski definition) is 2. The van der Waals surface area contributed by atoms with Gasteiger partial charge in [0.2, 0.25) is 5.91 Å². The predicted molar refractivity (Wildman–Crippen MR) is 95.7 cm³/mol. The molecule has 0 unspecified atom stereocenters. The summed E-state index contributed by atoms with van der Waals surface area (Å²) in [5.41, 5.74) is 8.93. The maximum atomic E-state index is 12.0. The van der Waals surface area contributed by atoms with E-state index in [0.29, 0.717) is 30.6 Å². The molecule has 0 heterocycles. The van der Waals surface area contributed by atoms with E-state index >= 15 is 0 Å². The molecular weight excluding hydrogens is 302 g/mol. The lowest BCUT2D eigenvalue weighted by Crippen LogP contribution is -2.27. The van der Waals surface area contributed by atoms with Crippen LogP contribution in [0.25, 0.3) is 0 Å². The van der Waals surface area contributed by atoms with E-state index in [1.165, 1.54) is 0 Å². The first-order chi connectivity index (χ1) is 11.5. The number of rotatable bonds is 6. The summed E-state index contributed by atoms with van der Waals surface area (Å²) in [5, 5.41) is 2.90. The Hall–Kier alpha value is -2.82. The van der Waals surface area contributed by atoms with Gasteiger partial charge in [-0.15, -0.1) is 0 Å². The van der Waals surface area contributed by atoms with Crippen LogP contribution in [0, 0.1) is 0 Å². The SMILES string of the molecule is CN(C)C(=O)c1cccc(CCNC(=O)Cc2ccc(N)cc2)c1. The van der Waals surface area contributed by atoms with E-state index in [0.717, 1.165) is 11.1 Å². The lowest BCUT2D eigenvalue weighted by atomic mass is 10.1. The van der Waals surface area contributed by atoms with Crippen LogP contribution in [-0.4, -0.2) is 37.4 Å². The molecule has 5 heteroatoms. The van der Waals surface area contributed by atoms with E-state index in [1.807, 2.05) is 30.3 Å². The fourth-order valence-corrected chi connectivity index (χ4v) is 2.35. The fraction of sp³-hybridized carbons (Fsp3) is 0.263. The number of carbonyl (C=O) groups is 2. The highest BCUT2D eigenvalue weighted by Crippen LogP contribution is 2.08. The van der Waals surface area contributed by atoms with E-state index in [9.17, 15) is 9.59 Å². The van der Waals surface area contributed by atoms with Crippen molar-refractivity contribution in [2.45, 2.75) is 12.8 Å². The zero-order valence-electron chi connectivity index (χ0n) is 14.1. The predicted octanol–water partition coefficient (Wildman–Crippen LogP) is 1.87. The van der Waals surface area contributed by atoms with Crippen molar-refractivity contribution in [3.63, 3.8) is 0 Å². The van der Waals surface area contributed by atoms with Crippen LogP contribution in [0.15, 0.2) is 48.5 Å². The molecule has 2 aromatic carbocycles. The van der Waals surface area contributed by atoms with Crippen molar-refractivity contribution < 1.29 is 9.59 Å². The number of nitrogens with two attached hydrogens (primary N) is 1. The first-order valence-corrected chi connectivity index (χ1v) is 7.87. The first kappa shape index (κ1) is 17.5. The van der Waals surface area contributed by atoms with E-state index < -0.39 is 0 Å². The standard InChI is InChI=1S/C19H23N3O2/c1-22(2)19(24)16-5-3-4-14(12-16)10-11-21-18(23)13-15-6-8-17(20)9-7-15/h3-9,12H,10-11,13,20H2,1-2H3,(H,21,23). The Balaban J connectivity index is 1.83. The number of nitrogens with one attached hydrogen (secondary N) is 1. The number of nitrogens with zero attached hydrogens (tertiary/aromatic N) is 1. The van der Waals surface area contributed by atoms with Gasteiger partial charge in [-0.1, -0.05) is 24.3 Å². The van der Waals surface area contributed by atoms with Gasteiger partial charge in [0.05, 0.1) is 6.42 Å². The van der Waals surface area contributed by atoms with Crippen LogP contribution in [0.5, 0.6) is 0 Å². The van der Waals surface area contributed by atoms with Gasteiger partial charge < -0.3 is 16.0 Å². The molecule has 2 rings (SSSR count). The minimum Gasteiger partial charge on any atom is -0.399 e. The van der Waals surface area contributed by atoms with Gasteiger partial charge in [-0.3, -0.25) is 9.59 Å². The molecule has 126 valence electrons. The van der Waals surface area contributed by atoms with Crippen LogP contribution in [-0.2, 0) is 17.6 Å². The summed E-state index contributed by atoms with van der Waals surface area (Å²) in [6.07, 6.45) is 1.02. The number of nitrogen functional groups attached to an aromatic ring is 1. The third-order valence-electron chi connectivity index (χ3n) is 3.66. The molecule has 0 bridgehead atoms. The third kappa shape index (κ3) is 5.12. The van der Waals surface area contributed by atoms with Gasteiger partial charge in [-0.05, 0) is 41.8 Å². The van der Waals surface area contributed by atoms with Crippen LogP contribution in [0.1, 0.15) is 21.5 Å². The molecular formula is C19H23N3O2. The summed E-state index contributed by atoms with van der Waals surface area (Å²) in [7, 11) is 3.46. The van der Waals surface area contributed by atoms with Crippen LogP contribution >= 0.6 is 0 Å². The number of amides is 2. The first-order valence-electron chi connectivity index (χ1n) is 7.87. The minimum atomic E-state index is -0.0275. The molecule has 3 N–H and O–H groups in total. The lowest BCUT2D eigenvalue weighted by Gasteiger charge is -2.11. The summed E-state index contributed by atoms with van der Waals surface area (Å²) < 4.78 is 0. The molecule has 0 saturated carbocycles. The quantitative estimate of drug-likeness (QED) is 0.796. The number of benzene rings is 2. The third-order valence-corrected chi connectivity index (χ3v) is 3.66. The molecule has 0 aliphatic carbocycles. The Bertz CT molecular complexity index is 709. The van der Waals surface area contributed by atoms with Crippen LogP contribution < -0.4 is 11.1 Å². The fourth-order valence-electron chi connectivity index (χ4n) is 2.35. The van der Waals surface area contributed by atoms with Crippen molar-refractivity contribution >= 4 is 17.5 Å². The van der Waals surface area contributed by atoms with E-state index in [4.69, 9.17) is 5.73 Å². The minimum absolute atomic E-state index is 0.0239. The van der Waals surface area contributed by atoms with E-state index in [-0.39, 0.29) is 11.8 Å². The molecule has 2 aromatic rings. The second kappa shape index (κ2) is 8.15. The number of hydrogen-bond acceptors (Lipinski definition) is 3. The van der Waals surface area contributed by atoms with Crippen LogP contribution in [0.3, 0.4) is 0 Å². The Morgan fingerprint density at radius 1 is 1.04 bits per heavy atom. The van der Waals surface area contributed by atoms with Crippen molar-refractivity contribution in [2.24, 2.45) is 0 Å². The van der Waals surface area contributed by atoms with Crippen molar-refractivity contribution in [1.82, 2.24) is 10.2 Å². The molecule has 0 aliphatic rings. The molecule has 0 spiro atoms. The summed E-state index contributed by atoms with van der Waals surface area (Å²) in [5.74, 6) is -0.0514. The molecule has 24 heavy (non-hydrogen) atoms. The molecule has 0 atom stereocenters. The summed E-state index contributed by atoms with van der Waals surface area (Å²) in [6.45, 7) is 0.535. The Labute approximate surface area is 142 Å². The van der Waals surface area contributed by atoms with Gasteiger partial charge in [0.1, 0.15) is 0 Å². The van der Waals surface area contributed by atoms with Gasteiger partial charge in [-0.2, -0.15) is 0 Å². The Kier molecular flexibility index (Phi) is 5.95. The highest BCUT2D eigenvalue weighted by molar-refractivity contribution is 5.94. The van der Waals surface area contributed by atoms with Gasteiger partial charge >= 0.3 is 0 Å². The van der Waals surface area contributed by atoms with E-state index in [2.05, 4.69) is 5.32 Å². The Morgan fingerprint density at radius 3 is 2.42 bits per heavy atom. The average molecular weight is 325 g/mol. The maximum Gasteiger partial charge on any atom is 0.253 e. The number of anilines is 1. The lowest BCUT2D eigenvalue weighted by molar-refractivity contribution is -0.120. The molecule has 5 nitrogen and oxygen atoms in total. The smallest absolute Gasteiger partial charge is 0.253 e. The molecule has 0 aromatic heterocycles. The summed E-state index contributed by atoms with van der Waals surface area (Å²) in [4.78, 5) is 25.5. The van der Waals surface area contributed by atoms with Gasteiger partial charge in [0.25, 0.3) is 5.91 Å². The monoisotopic (exact) mass is 325 g/mol. The largest absolute Gasteiger partial charge is 0.399 e. The summed E-state index contributed by atoms with van der Waals surface area (Å²) in [6, 6.07) is 14.8. The molecule has 2 amide bonds. The molecule has 0 aliphatic heterocycles. The highest BCUT2D eigenvalue weighted by Gasteiger charge is 2.08. The number of carbonyl (C=O) groups excluding carboxylic acids is 2. The van der Waals surface area contributed by atoms with Crippen molar-refractivity contribution in [3.05, 3.63) is 65.2 Å². The topological polar surface area (TPSA) is 75.4 Å². The van der Waals surface area contributed by atoms with Crippen molar-refractivity contribution in [2.75, 3.05) is 26.4 Å². The molecule has 0 radical (unpaired) electrons. The molecule has 0 saturated heterocycles. The van der Waals surface area contributed by atoms with Gasteiger partial charge in [0, 0.05) is 31.9 Å². The van der Waals surface area contributed by atoms with Crippen molar-refractivity contribution in [3.8, 4) is 0 Å². The average Bonchev–Trinajstić information content (AvgIpc) is 2.56. The maximum absolute atomic E-state index is 12.0. The summed E-state index contributed by atoms with van der Waals surface area (Å²) >= 11 is 0.